The molecule has 0 heterocycles. The average molecular weight is 429 g/mol. The van der Waals surface area contributed by atoms with Crippen LogP contribution in [0.5, 0.6) is 0 Å². The molecule has 0 bridgehead atoms. The largest absolute Gasteiger partial charge is 0.465 e. The predicted octanol–water partition coefficient (Wildman–Crippen LogP) is 8.09. The lowest BCUT2D eigenvalue weighted by molar-refractivity contribution is 0.0600. The molecular formula is C30H36O2. The van der Waals surface area contributed by atoms with Crippen LogP contribution >= 0.6 is 0 Å². The highest BCUT2D eigenvalue weighted by Crippen LogP contribution is 2.40. The molecule has 1 aliphatic carbocycles. The van der Waals surface area contributed by atoms with Gasteiger partial charge in [-0.2, -0.15) is 0 Å². The van der Waals surface area contributed by atoms with Crippen molar-refractivity contribution in [2.24, 2.45) is 5.41 Å². The standard InChI is InChI=1S/C30H36O2/c1-7-30(5,8-2)20-18-24-17-19-29(3,4)27-16-13-23(21-26(24)27)10-9-22-11-14-25(15-12-22)28(31)32-6/h9-18,20-21H,7-8,19H2,1-6H3. The molecule has 32 heavy (non-hydrogen) atoms. The maximum atomic E-state index is 11.6. The van der Waals surface area contributed by atoms with E-state index >= 15 is 0 Å². The number of methoxy groups -OCH3 is 1. The van der Waals surface area contributed by atoms with Gasteiger partial charge in [0.2, 0.25) is 0 Å². The molecule has 0 radical (unpaired) electrons. The number of esters is 1. The van der Waals surface area contributed by atoms with Gasteiger partial charge in [0.1, 0.15) is 0 Å². The quantitative estimate of drug-likeness (QED) is 0.329. The zero-order chi connectivity index (χ0) is 23.4. The summed E-state index contributed by atoms with van der Waals surface area (Å²) in [5.74, 6) is -0.313. The van der Waals surface area contributed by atoms with E-state index in [-0.39, 0.29) is 16.8 Å². The van der Waals surface area contributed by atoms with Gasteiger partial charge >= 0.3 is 5.97 Å². The van der Waals surface area contributed by atoms with Gasteiger partial charge < -0.3 is 4.74 Å². The summed E-state index contributed by atoms with van der Waals surface area (Å²) in [6.45, 7) is 11.5. The van der Waals surface area contributed by atoms with Crippen molar-refractivity contribution in [1.29, 1.82) is 0 Å². The molecule has 0 fully saturated rings. The summed E-state index contributed by atoms with van der Waals surface area (Å²) in [6, 6.07) is 14.3. The molecule has 0 saturated carbocycles. The summed E-state index contributed by atoms with van der Waals surface area (Å²) >= 11 is 0. The summed E-state index contributed by atoms with van der Waals surface area (Å²) in [4.78, 5) is 11.6. The highest BCUT2D eigenvalue weighted by atomic mass is 16.5. The van der Waals surface area contributed by atoms with E-state index in [1.807, 2.05) is 12.1 Å². The van der Waals surface area contributed by atoms with E-state index in [9.17, 15) is 4.79 Å². The third kappa shape index (κ3) is 5.30. The lowest BCUT2D eigenvalue weighted by Crippen LogP contribution is -2.21. The molecule has 1 aliphatic rings. The Bertz CT molecular complexity index is 1040. The third-order valence-corrected chi connectivity index (χ3v) is 7.00. The fourth-order valence-electron chi connectivity index (χ4n) is 4.05. The third-order valence-electron chi connectivity index (χ3n) is 7.00. The van der Waals surface area contributed by atoms with Crippen molar-refractivity contribution < 1.29 is 9.53 Å². The van der Waals surface area contributed by atoms with Gasteiger partial charge in [0, 0.05) is 0 Å². The van der Waals surface area contributed by atoms with Crippen LogP contribution in [0.15, 0.2) is 60.7 Å². The van der Waals surface area contributed by atoms with Crippen LogP contribution in [0.1, 0.15) is 86.5 Å². The van der Waals surface area contributed by atoms with E-state index in [1.165, 1.54) is 29.4 Å². The minimum atomic E-state index is -0.313. The van der Waals surface area contributed by atoms with Gasteiger partial charge in [0.25, 0.3) is 0 Å². The van der Waals surface area contributed by atoms with Crippen LogP contribution in [0, 0.1) is 5.41 Å². The topological polar surface area (TPSA) is 26.3 Å². The van der Waals surface area contributed by atoms with Crippen molar-refractivity contribution in [1.82, 2.24) is 0 Å². The van der Waals surface area contributed by atoms with Crippen molar-refractivity contribution in [3.63, 3.8) is 0 Å². The van der Waals surface area contributed by atoms with Gasteiger partial charge in [-0.1, -0.05) is 89.3 Å². The molecule has 2 heteroatoms. The molecule has 0 atom stereocenters. The SMILES string of the molecule is CCC(C)(C=CC1=CCC(C)(C)c2ccc(C=Cc3ccc(C(=O)OC)cc3)cc21)CC. The van der Waals surface area contributed by atoms with E-state index in [2.05, 4.69) is 83.2 Å². The first-order valence-corrected chi connectivity index (χ1v) is 11.6. The number of benzene rings is 2. The number of rotatable bonds is 7. The van der Waals surface area contributed by atoms with Gasteiger partial charge in [0.15, 0.2) is 0 Å². The fourth-order valence-corrected chi connectivity index (χ4v) is 4.05. The van der Waals surface area contributed by atoms with Gasteiger partial charge in [-0.25, -0.2) is 4.79 Å². The van der Waals surface area contributed by atoms with Crippen molar-refractivity contribution in [3.05, 3.63) is 88.5 Å². The molecule has 0 N–H and O–H groups in total. The summed E-state index contributed by atoms with van der Waals surface area (Å²) in [6.07, 6.45) is 14.7. The second-order valence-electron chi connectivity index (χ2n) is 9.69. The lowest BCUT2D eigenvalue weighted by Gasteiger charge is -2.32. The summed E-state index contributed by atoms with van der Waals surface area (Å²) in [5, 5.41) is 0. The Morgan fingerprint density at radius 3 is 2.25 bits per heavy atom. The highest BCUT2D eigenvalue weighted by molar-refractivity contribution is 5.89. The first-order chi connectivity index (χ1) is 15.2. The van der Waals surface area contributed by atoms with Gasteiger partial charge in [-0.3, -0.25) is 0 Å². The van der Waals surface area contributed by atoms with Crippen molar-refractivity contribution >= 4 is 23.7 Å². The Morgan fingerprint density at radius 2 is 1.62 bits per heavy atom. The molecule has 0 unspecified atom stereocenters. The van der Waals surface area contributed by atoms with E-state index in [4.69, 9.17) is 4.74 Å². The van der Waals surface area contributed by atoms with E-state index in [0.717, 1.165) is 24.8 Å². The Kier molecular flexibility index (Phi) is 7.23. The monoisotopic (exact) mass is 428 g/mol. The minimum Gasteiger partial charge on any atom is -0.465 e. The Balaban J connectivity index is 1.90. The van der Waals surface area contributed by atoms with Crippen LogP contribution in [-0.2, 0) is 10.2 Å². The second-order valence-corrected chi connectivity index (χ2v) is 9.69. The summed E-state index contributed by atoms with van der Waals surface area (Å²) in [5.41, 5.74) is 7.22. The number of carbonyl (C=O) groups excluding carboxylic acids is 1. The second kappa shape index (κ2) is 9.73. The van der Waals surface area contributed by atoms with Crippen molar-refractivity contribution in [2.75, 3.05) is 7.11 Å². The first-order valence-electron chi connectivity index (χ1n) is 11.6. The van der Waals surface area contributed by atoms with Crippen molar-refractivity contribution in [2.45, 2.75) is 59.3 Å². The molecule has 3 rings (SSSR count). The number of ether oxygens (including phenoxy) is 1. The average Bonchev–Trinajstić information content (AvgIpc) is 2.81. The van der Waals surface area contributed by atoms with Crippen LogP contribution in [0.4, 0.5) is 0 Å². The molecule has 2 aromatic carbocycles. The lowest BCUT2D eigenvalue weighted by atomic mass is 9.72. The number of hydrogen-bond acceptors (Lipinski definition) is 2. The molecule has 0 aromatic heterocycles. The minimum absolute atomic E-state index is 0.136. The van der Waals surface area contributed by atoms with Gasteiger partial charge in [-0.15, -0.1) is 0 Å². The van der Waals surface area contributed by atoms with Crippen LogP contribution in [0.25, 0.3) is 17.7 Å². The van der Waals surface area contributed by atoms with Crippen LogP contribution in [0.2, 0.25) is 0 Å². The number of allylic oxidation sites excluding steroid dienone is 4. The zero-order valence-corrected chi connectivity index (χ0v) is 20.4. The Morgan fingerprint density at radius 1 is 1.00 bits per heavy atom. The molecule has 0 saturated heterocycles. The number of fused-ring (bicyclic) bond motifs is 1. The molecule has 2 nitrogen and oxygen atoms in total. The van der Waals surface area contributed by atoms with Crippen LogP contribution in [0.3, 0.4) is 0 Å². The predicted molar refractivity (Wildman–Crippen MR) is 137 cm³/mol. The maximum absolute atomic E-state index is 11.6. The van der Waals surface area contributed by atoms with Crippen LogP contribution in [-0.4, -0.2) is 13.1 Å². The number of hydrogen-bond donors (Lipinski definition) is 0. The molecule has 0 amide bonds. The molecule has 0 aliphatic heterocycles. The molecule has 0 spiro atoms. The van der Waals surface area contributed by atoms with Gasteiger partial charge in [-0.05, 0) is 76.1 Å². The smallest absolute Gasteiger partial charge is 0.337 e. The highest BCUT2D eigenvalue weighted by Gasteiger charge is 2.27. The maximum Gasteiger partial charge on any atom is 0.337 e. The van der Waals surface area contributed by atoms with Crippen LogP contribution < -0.4 is 0 Å². The summed E-state index contributed by atoms with van der Waals surface area (Å²) in [7, 11) is 1.40. The molecule has 2 aromatic rings. The van der Waals surface area contributed by atoms with E-state index in [1.54, 1.807) is 12.1 Å². The first kappa shape index (κ1) is 23.8. The molecular weight excluding hydrogens is 392 g/mol. The summed E-state index contributed by atoms with van der Waals surface area (Å²) < 4.78 is 4.77. The van der Waals surface area contributed by atoms with Crippen molar-refractivity contribution in [3.8, 4) is 0 Å². The normalized spacial score (nSPS) is 15.6. The Labute approximate surface area is 193 Å². The Hall–Kier alpha value is -2.87. The van der Waals surface area contributed by atoms with E-state index in [0.29, 0.717) is 5.56 Å². The van der Waals surface area contributed by atoms with Gasteiger partial charge in [0.05, 0.1) is 12.7 Å². The fraction of sp³-hybridized carbons (Fsp3) is 0.367. The number of carbonyl (C=O) groups is 1. The molecule has 168 valence electrons. The van der Waals surface area contributed by atoms with E-state index < -0.39 is 0 Å². The zero-order valence-electron chi connectivity index (χ0n) is 20.4.